The first-order chi connectivity index (χ1) is 14.5. The first-order valence-electron chi connectivity index (χ1n) is 9.94. The molecule has 3 rings (SSSR count). The number of anilines is 2. The zero-order valence-corrected chi connectivity index (χ0v) is 18.7. The van der Waals surface area contributed by atoms with Crippen molar-refractivity contribution in [3.8, 4) is 0 Å². The Kier molecular flexibility index (Phi) is 7.90. The molecule has 1 aliphatic heterocycles. The van der Waals surface area contributed by atoms with Gasteiger partial charge in [-0.25, -0.2) is 4.79 Å². The molecule has 2 aromatic rings. The molecule has 1 atom stereocenters. The van der Waals surface area contributed by atoms with Crippen molar-refractivity contribution in [2.45, 2.75) is 19.9 Å². The molecule has 1 aliphatic rings. The van der Waals surface area contributed by atoms with Gasteiger partial charge in [0.25, 0.3) is 0 Å². The molecular formula is C22H26ClN3O3S. The van der Waals surface area contributed by atoms with E-state index in [9.17, 15) is 4.79 Å². The fourth-order valence-electron chi connectivity index (χ4n) is 3.21. The highest BCUT2D eigenvalue weighted by atomic mass is 35.5. The van der Waals surface area contributed by atoms with E-state index in [0.717, 1.165) is 31.9 Å². The second kappa shape index (κ2) is 10.6. The smallest absolute Gasteiger partial charge is 0.339 e. The van der Waals surface area contributed by atoms with Gasteiger partial charge in [-0.05, 0) is 62.0 Å². The predicted molar refractivity (Wildman–Crippen MR) is 125 cm³/mol. The Bertz CT molecular complexity index is 886. The maximum absolute atomic E-state index is 12.0. The van der Waals surface area contributed by atoms with Crippen LogP contribution in [0.5, 0.6) is 0 Å². The van der Waals surface area contributed by atoms with Crippen LogP contribution in [0.25, 0.3) is 0 Å². The Hall–Kier alpha value is -2.35. The van der Waals surface area contributed by atoms with Crippen molar-refractivity contribution in [2.75, 3.05) is 43.1 Å². The summed E-state index contributed by atoms with van der Waals surface area (Å²) in [6.45, 7) is 7.44. The number of carbonyl (C=O) groups excluding carboxylic acids is 1. The number of halogens is 1. The highest BCUT2D eigenvalue weighted by Gasteiger charge is 2.14. The van der Waals surface area contributed by atoms with Crippen molar-refractivity contribution < 1.29 is 14.3 Å². The molecule has 1 fully saturated rings. The molecular weight excluding hydrogens is 422 g/mol. The summed E-state index contributed by atoms with van der Waals surface area (Å²) in [6, 6.07) is 13.5. The molecule has 2 aromatic carbocycles. The maximum atomic E-state index is 12.0. The lowest BCUT2D eigenvalue weighted by Gasteiger charge is -2.29. The molecule has 0 spiro atoms. The zero-order valence-electron chi connectivity index (χ0n) is 17.1. The molecule has 0 amide bonds. The summed E-state index contributed by atoms with van der Waals surface area (Å²) in [7, 11) is 0. The van der Waals surface area contributed by atoms with Crippen molar-refractivity contribution >= 4 is 46.3 Å². The van der Waals surface area contributed by atoms with Gasteiger partial charge in [-0.1, -0.05) is 23.7 Å². The lowest BCUT2D eigenvalue weighted by molar-refractivity contribution is 0.0526. The van der Waals surface area contributed by atoms with Crippen LogP contribution in [0.15, 0.2) is 42.5 Å². The SMILES string of the molecule is CCOC(=O)c1cc(NC(=S)NC(C)c2ccc(N3CCOCC3)cc2)ccc1Cl. The summed E-state index contributed by atoms with van der Waals surface area (Å²) in [6.07, 6.45) is 0. The number of nitrogens with one attached hydrogen (secondary N) is 2. The first-order valence-corrected chi connectivity index (χ1v) is 10.7. The monoisotopic (exact) mass is 447 g/mol. The summed E-state index contributed by atoms with van der Waals surface area (Å²) in [5, 5.41) is 7.17. The fourth-order valence-corrected chi connectivity index (χ4v) is 3.70. The third-order valence-electron chi connectivity index (χ3n) is 4.84. The van der Waals surface area contributed by atoms with Crippen LogP contribution in [-0.2, 0) is 9.47 Å². The standard InChI is InChI=1S/C22H26ClN3O3S/c1-3-29-21(27)19-14-17(6-9-20(19)23)25-22(30)24-15(2)16-4-7-18(8-5-16)26-10-12-28-13-11-26/h4-9,14-15H,3,10-13H2,1-2H3,(H2,24,25,30). The van der Waals surface area contributed by atoms with Gasteiger partial charge < -0.3 is 25.0 Å². The minimum Gasteiger partial charge on any atom is -0.462 e. The largest absolute Gasteiger partial charge is 0.462 e. The topological polar surface area (TPSA) is 62.8 Å². The van der Waals surface area contributed by atoms with Crippen LogP contribution < -0.4 is 15.5 Å². The number of nitrogens with zero attached hydrogens (tertiary/aromatic N) is 1. The lowest BCUT2D eigenvalue weighted by Crippen LogP contribution is -2.36. The van der Waals surface area contributed by atoms with E-state index < -0.39 is 5.97 Å². The van der Waals surface area contributed by atoms with Gasteiger partial charge in [0.2, 0.25) is 0 Å². The number of rotatable bonds is 6. The van der Waals surface area contributed by atoms with Gasteiger partial charge in [0.05, 0.1) is 36.4 Å². The van der Waals surface area contributed by atoms with Crippen molar-refractivity contribution in [3.05, 3.63) is 58.6 Å². The highest BCUT2D eigenvalue weighted by molar-refractivity contribution is 7.80. The minimum absolute atomic E-state index is 0.0144. The molecule has 1 heterocycles. The number of morpholine rings is 1. The molecule has 8 heteroatoms. The predicted octanol–water partition coefficient (Wildman–Crippen LogP) is 4.40. The van der Waals surface area contributed by atoms with Crippen molar-refractivity contribution in [1.29, 1.82) is 0 Å². The number of ether oxygens (including phenoxy) is 2. The molecule has 1 saturated heterocycles. The third-order valence-corrected chi connectivity index (χ3v) is 5.39. The Morgan fingerprint density at radius 1 is 1.23 bits per heavy atom. The molecule has 0 aliphatic carbocycles. The number of hydrogen-bond acceptors (Lipinski definition) is 5. The molecule has 0 saturated carbocycles. The van der Waals surface area contributed by atoms with E-state index >= 15 is 0 Å². The van der Waals surface area contributed by atoms with Crippen LogP contribution in [0.4, 0.5) is 11.4 Å². The quantitative estimate of drug-likeness (QED) is 0.502. The molecule has 1 unspecified atom stereocenters. The molecule has 0 radical (unpaired) electrons. The molecule has 30 heavy (non-hydrogen) atoms. The lowest BCUT2D eigenvalue weighted by atomic mass is 10.1. The Morgan fingerprint density at radius 2 is 1.93 bits per heavy atom. The Morgan fingerprint density at radius 3 is 2.60 bits per heavy atom. The summed E-state index contributed by atoms with van der Waals surface area (Å²) in [5.74, 6) is -0.459. The summed E-state index contributed by atoms with van der Waals surface area (Å²) in [5.41, 5.74) is 3.29. The van der Waals surface area contributed by atoms with Crippen LogP contribution in [0.1, 0.15) is 35.8 Å². The molecule has 0 bridgehead atoms. The average molecular weight is 448 g/mol. The van der Waals surface area contributed by atoms with Crippen molar-refractivity contribution in [3.63, 3.8) is 0 Å². The Labute approximate surface area is 187 Å². The van der Waals surface area contributed by atoms with E-state index in [4.69, 9.17) is 33.3 Å². The van der Waals surface area contributed by atoms with Crippen LogP contribution in [0.2, 0.25) is 5.02 Å². The number of esters is 1. The zero-order chi connectivity index (χ0) is 21.5. The number of carbonyl (C=O) groups is 1. The molecule has 2 N–H and O–H groups in total. The fraction of sp³-hybridized carbons (Fsp3) is 0.364. The van der Waals surface area contributed by atoms with Crippen molar-refractivity contribution in [1.82, 2.24) is 5.32 Å². The molecule has 160 valence electrons. The number of hydrogen-bond donors (Lipinski definition) is 2. The molecule has 0 aromatic heterocycles. The second-order valence-corrected chi connectivity index (χ2v) is 7.74. The normalized spacial score (nSPS) is 14.7. The summed E-state index contributed by atoms with van der Waals surface area (Å²) >= 11 is 11.5. The van der Waals surface area contributed by atoms with E-state index in [1.165, 1.54) is 5.69 Å². The van der Waals surface area contributed by atoms with E-state index in [1.54, 1.807) is 25.1 Å². The van der Waals surface area contributed by atoms with Gasteiger partial charge in [0, 0.05) is 24.5 Å². The highest BCUT2D eigenvalue weighted by Crippen LogP contribution is 2.23. The second-order valence-electron chi connectivity index (χ2n) is 6.93. The van der Waals surface area contributed by atoms with E-state index in [1.807, 2.05) is 6.92 Å². The van der Waals surface area contributed by atoms with E-state index in [-0.39, 0.29) is 12.6 Å². The van der Waals surface area contributed by atoms with Gasteiger partial charge >= 0.3 is 5.97 Å². The Balaban J connectivity index is 1.59. The average Bonchev–Trinajstić information content (AvgIpc) is 2.76. The van der Waals surface area contributed by atoms with Crippen LogP contribution in [0, 0.1) is 0 Å². The van der Waals surface area contributed by atoms with Gasteiger partial charge in [-0.2, -0.15) is 0 Å². The van der Waals surface area contributed by atoms with Crippen molar-refractivity contribution in [2.24, 2.45) is 0 Å². The van der Waals surface area contributed by atoms with Crippen LogP contribution >= 0.6 is 23.8 Å². The summed E-state index contributed by atoms with van der Waals surface area (Å²) < 4.78 is 10.4. The third kappa shape index (κ3) is 5.84. The van der Waals surface area contributed by atoms with Gasteiger partial charge in [-0.15, -0.1) is 0 Å². The summed E-state index contributed by atoms with van der Waals surface area (Å²) in [4.78, 5) is 14.3. The van der Waals surface area contributed by atoms with Crippen LogP contribution in [-0.4, -0.2) is 44.0 Å². The van der Waals surface area contributed by atoms with Gasteiger partial charge in [-0.3, -0.25) is 0 Å². The van der Waals surface area contributed by atoms with E-state index in [2.05, 4.69) is 39.8 Å². The number of benzene rings is 2. The van der Waals surface area contributed by atoms with Crippen LogP contribution in [0.3, 0.4) is 0 Å². The van der Waals surface area contributed by atoms with Gasteiger partial charge in [0.15, 0.2) is 5.11 Å². The van der Waals surface area contributed by atoms with Gasteiger partial charge in [0.1, 0.15) is 0 Å². The number of thiocarbonyl (C=S) groups is 1. The maximum Gasteiger partial charge on any atom is 0.339 e. The van der Waals surface area contributed by atoms with E-state index in [0.29, 0.717) is 21.4 Å². The first kappa shape index (κ1) is 22.3. The minimum atomic E-state index is -0.459. The molecule has 6 nitrogen and oxygen atoms in total.